The van der Waals surface area contributed by atoms with Gasteiger partial charge in [-0.15, -0.1) is 0 Å². The van der Waals surface area contributed by atoms with E-state index in [9.17, 15) is 22.4 Å². The zero-order valence-electron chi connectivity index (χ0n) is 9.81. The highest BCUT2D eigenvalue weighted by Crippen LogP contribution is 2.40. The molecule has 1 aromatic carbocycles. The molecule has 2 nitrogen and oxygen atoms in total. The van der Waals surface area contributed by atoms with Gasteiger partial charge in [0.05, 0.1) is 5.41 Å². The van der Waals surface area contributed by atoms with Crippen LogP contribution in [0.5, 0.6) is 0 Å². The zero-order chi connectivity index (χ0) is 14.1. The smallest absolute Gasteiger partial charge is 0.309 e. The number of carboxylic acid groups (broad SMARTS) is 1. The average molecular weight is 264 g/mol. The molecule has 0 fully saturated rings. The molecule has 0 aliphatic heterocycles. The maximum atomic E-state index is 13.8. The number of hydrogen-bond donors (Lipinski definition) is 1. The van der Waals surface area contributed by atoms with Gasteiger partial charge in [-0.25, -0.2) is 17.6 Å². The van der Waals surface area contributed by atoms with Crippen LogP contribution in [0.3, 0.4) is 0 Å². The van der Waals surface area contributed by atoms with Crippen LogP contribution in [0, 0.1) is 17.0 Å². The van der Waals surface area contributed by atoms with E-state index in [1.165, 1.54) is 0 Å². The fourth-order valence-electron chi connectivity index (χ4n) is 1.46. The maximum Gasteiger partial charge on any atom is 0.309 e. The van der Waals surface area contributed by atoms with Crippen molar-refractivity contribution in [3.63, 3.8) is 0 Å². The Labute approximate surface area is 101 Å². The van der Waals surface area contributed by atoms with Gasteiger partial charge >= 0.3 is 5.97 Å². The van der Waals surface area contributed by atoms with Crippen LogP contribution in [0.25, 0.3) is 0 Å². The summed E-state index contributed by atoms with van der Waals surface area (Å²) in [6.45, 7) is 2.28. The Hall–Kier alpha value is -1.59. The predicted molar refractivity (Wildman–Crippen MR) is 56.3 cm³/mol. The Morgan fingerprint density at radius 1 is 1.22 bits per heavy atom. The number of hydrogen-bond acceptors (Lipinski definition) is 1. The van der Waals surface area contributed by atoms with E-state index >= 15 is 0 Å². The minimum atomic E-state index is -3.55. The second-order valence-corrected chi connectivity index (χ2v) is 4.70. The minimum absolute atomic E-state index is 0.382. The van der Waals surface area contributed by atoms with Gasteiger partial charge in [-0.3, -0.25) is 4.79 Å². The molecular weight excluding hydrogens is 252 g/mol. The van der Waals surface area contributed by atoms with Gasteiger partial charge in [0, 0.05) is 12.0 Å². The summed E-state index contributed by atoms with van der Waals surface area (Å²) >= 11 is 0. The molecule has 0 aliphatic rings. The lowest BCUT2D eigenvalue weighted by molar-refractivity contribution is -0.153. The van der Waals surface area contributed by atoms with Gasteiger partial charge in [0.1, 0.15) is 0 Å². The molecule has 0 heterocycles. The average Bonchev–Trinajstić information content (AvgIpc) is 2.20. The fourth-order valence-corrected chi connectivity index (χ4v) is 1.46. The van der Waals surface area contributed by atoms with Crippen molar-refractivity contribution in [2.45, 2.75) is 26.2 Å². The van der Waals surface area contributed by atoms with Crippen molar-refractivity contribution in [3.05, 3.63) is 35.4 Å². The molecule has 1 aromatic rings. The number of aliphatic carboxylic acids is 1. The van der Waals surface area contributed by atoms with Crippen LogP contribution in [0.4, 0.5) is 17.6 Å². The quantitative estimate of drug-likeness (QED) is 0.844. The summed E-state index contributed by atoms with van der Waals surface area (Å²) in [5, 5.41) is 8.78. The molecule has 0 radical (unpaired) electrons. The summed E-state index contributed by atoms with van der Waals surface area (Å²) in [7, 11) is 0. The fraction of sp³-hybridized carbons (Fsp3) is 0.417. The molecule has 0 aliphatic carbocycles. The van der Waals surface area contributed by atoms with E-state index < -0.39 is 40.9 Å². The summed E-state index contributed by atoms with van der Waals surface area (Å²) in [5.74, 6) is -7.55. The van der Waals surface area contributed by atoms with Crippen LogP contribution >= 0.6 is 0 Å². The third-order valence-corrected chi connectivity index (χ3v) is 2.58. The van der Waals surface area contributed by atoms with Gasteiger partial charge in [-0.05, 0) is 32.0 Å². The summed E-state index contributed by atoms with van der Waals surface area (Å²) < 4.78 is 53.1. The van der Waals surface area contributed by atoms with Gasteiger partial charge in [0.25, 0.3) is 5.92 Å². The monoisotopic (exact) mass is 264 g/mol. The second kappa shape index (κ2) is 4.59. The van der Waals surface area contributed by atoms with E-state index in [0.29, 0.717) is 12.1 Å². The first-order valence-electron chi connectivity index (χ1n) is 5.13. The maximum absolute atomic E-state index is 13.8. The molecule has 6 heteroatoms. The summed E-state index contributed by atoms with van der Waals surface area (Å²) in [6, 6.07) is 1.72. The van der Waals surface area contributed by atoms with Crippen LogP contribution in [-0.4, -0.2) is 11.1 Å². The Balaban J connectivity index is 3.06. The molecule has 100 valence electrons. The van der Waals surface area contributed by atoms with E-state index in [1.807, 2.05) is 0 Å². The van der Waals surface area contributed by atoms with Crippen LogP contribution in [0.15, 0.2) is 18.2 Å². The topological polar surface area (TPSA) is 37.3 Å². The van der Waals surface area contributed by atoms with E-state index in [-0.39, 0.29) is 0 Å². The van der Waals surface area contributed by atoms with E-state index in [4.69, 9.17) is 5.11 Å². The second-order valence-electron chi connectivity index (χ2n) is 4.70. The number of carbonyl (C=O) groups is 1. The first kappa shape index (κ1) is 14.5. The first-order chi connectivity index (χ1) is 8.06. The molecule has 0 aromatic heterocycles. The normalized spacial score (nSPS) is 12.6. The molecule has 0 atom stereocenters. The number of alkyl halides is 2. The molecule has 0 bridgehead atoms. The molecule has 1 rings (SSSR count). The predicted octanol–water partition coefficient (Wildman–Crippen LogP) is 3.56. The minimum Gasteiger partial charge on any atom is -0.481 e. The Morgan fingerprint density at radius 3 is 2.22 bits per heavy atom. The molecule has 18 heavy (non-hydrogen) atoms. The molecule has 0 unspecified atom stereocenters. The van der Waals surface area contributed by atoms with Crippen molar-refractivity contribution in [2.24, 2.45) is 5.41 Å². The van der Waals surface area contributed by atoms with Crippen molar-refractivity contribution < 1.29 is 27.5 Å². The Bertz CT molecular complexity index is 469. The largest absolute Gasteiger partial charge is 0.481 e. The molecule has 0 saturated heterocycles. The molecule has 0 saturated carbocycles. The lowest BCUT2D eigenvalue weighted by atomic mass is 9.84. The van der Waals surface area contributed by atoms with Crippen molar-refractivity contribution >= 4 is 5.97 Å². The van der Waals surface area contributed by atoms with Crippen molar-refractivity contribution in [1.82, 2.24) is 0 Å². The van der Waals surface area contributed by atoms with Crippen LogP contribution in [-0.2, 0) is 10.7 Å². The van der Waals surface area contributed by atoms with E-state index in [0.717, 1.165) is 19.9 Å². The third-order valence-electron chi connectivity index (χ3n) is 2.58. The standard InChI is InChI=1S/C12H12F4O2/c1-11(2,10(17)18)6-12(15,16)7-3-4-8(13)9(14)5-7/h3-5H,6H2,1-2H3,(H,17,18). The molecular formula is C12H12F4O2. The molecule has 0 spiro atoms. The van der Waals surface area contributed by atoms with Gasteiger partial charge in [0.15, 0.2) is 11.6 Å². The molecule has 1 N–H and O–H groups in total. The summed E-state index contributed by atoms with van der Waals surface area (Å²) in [6.07, 6.45) is -1.000. The summed E-state index contributed by atoms with van der Waals surface area (Å²) in [4.78, 5) is 10.8. The summed E-state index contributed by atoms with van der Waals surface area (Å²) in [5.41, 5.74) is -2.41. The third kappa shape index (κ3) is 3.00. The van der Waals surface area contributed by atoms with Gasteiger partial charge in [0.2, 0.25) is 0 Å². The SMILES string of the molecule is CC(C)(CC(F)(F)c1ccc(F)c(F)c1)C(=O)O. The van der Waals surface area contributed by atoms with Crippen molar-refractivity contribution in [1.29, 1.82) is 0 Å². The highest BCUT2D eigenvalue weighted by Gasteiger charge is 2.42. The Kier molecular flexibility index (Phi) is 3.69. The van der Waals surface area contributed by atoms with E-state index in [1.54, 1.807) is 0 Å². The lowest BCUT2D eigenvalue weighted by Crippen LogP contribution is -2.31. The highest BCUT2D eigenvalue weighted by molar-refractivity contribution is 5.73. The molecule has 0 amide bonds. The van der Waals surface area contributed by atoms with Gasteiger partial charge in [-0.2, -0.15) is 0 Å². The zero-order valence-corrected chi connectivity index (χ0v) is 9.81. The van der Waals surface area contributed by atoms with Crippen molar-refractivity contribution in [3.8, 4) is 0 Å². The number of benzene rings is 1. The highest BCUT2D eigenvalue weighted by atomic mass is 19.3. The van der Waals surface area contributed by atoms with Crippen LogP contribution in [0.1, 0.15) is 25.8 Å². The van der Waals surface area contributed by atoms with Crippen LogP contribution < -0.4 is 0 Å². The number of rotatable bonds is 4. The number of carboxylic acids is 1. The Morgan fingerprint density at radius 2 is 1.78 bits per heavy atom. The van der Waals surface area contributed by atoms with Gasteiger partial charge in [-0.1, -0.05) is 0 Å². The van der Waals surface area contributed by atoms with Gasteiger partial charge < -0.3 is 5.11 Å². The van der Waals surface area contributed by atoms with E-state index in [2.05, 4.69) is 0 Å². The lowest BCUT2D eigenvalue weighted by Gasteiger charge is -2.26. The first-order valence-corrected chi connectivity index (χ1v) is 5.13. The number of halogens is 4. The van der Waals surface area contributed by atoms with Crippen molar-refractivity contribution in [2.75, 3.05) is 0 Å². The van der Waals surface area contributed by atoms with Crippen LogP contribution in [0.2, 0.25) is 0 Å².